The van der Waals surface area contributed by atoms with Crippen molar-refractivity contribution in [3.05, 3.63) is 28.8 Å². The molecule has 0 aromatic heterocycles. The number of carbonyl (C=O) groups is 1. The average molecular weight is 258 g/mol. The Labute approximate surface area is 106 Å². The first-order valence-corrected chi connectivity index (χ1v) is 5.75. The highest BCUT2D eigenvalue weighted by molar-refractivity contribution is 6.32. The Morgan fingerprint density at radius 1 is 1.53 bits per heavy atom. The largest absolute Gasteiger partial charge is 0.495 e. The van der Waals surface area contributed by atoms with E-state index < -0.39 is 0 Å². The molecule has 0 heterocycles. The molecule has 0 unspecified atom stereocenters. The molecular weight excluding hydrogens is 242 g/mol. The van der Waals surface area contributed by atoms with E-state index in [0.29, 0.717) is 30.2 Å². The molecule has 0 saturated heterocycles. The minimum atomic E-state index is -0.0778. The molecule has 94 valence electrons. The summed E-state index contributed by atoms with van der Waals surface area (Å²) < 4.78 is 5.04. The van der Waals surface area contributed by atoms with Crippen LogP contribution < -0.4 is 10.1 Å². The zero-order chi connectivity index (χ0) is 12.7. The number of rotatable bonds is 6. The maximum Gasteiger partial charge on any atom is 0.220 e. The SMILES string of the molecule is COc1ccc(CCC(=O)NCCO)cc1Cl. The third-order valence-corrected chi connectivity index (χ3v) is 2.59. The van der Waals surface area contributed by atoms with Gasteiger partial charge in [0.2, 0.25) is 5.91 Å². The Balaban J connectivity index is 2.47. The molecule has 5 heteroatoms. The van der Waals surface area contributed by atoms with Crippen LogP contribution in [-0.2, 0) is 11.2 Å². The number of amides is 1. The normalized spacial score (nSPS) is 10.1. The third-order valence-electron chi connectivity index (χ3n) is 2.29. The van der Waals surface area contributed by atoms with Crippen LogP contribution in [0.4, 0.5) is 0 Å². The standard InChI is InChI=1S/C12H16ClNO3/c1-17-11-4-2-9(8-10(11)13)3-5-12(16)14-6-7-15/h2,4,8,15H,3,5-7H2,1H3,(H,14,16). The lowest BCUT2D eigenvalue weighted by Crippen LogP contribution is -2.26. The molecule has 0 saturated carbocycles. The molecule has 0 aliphatic carbocycles. The van der Waals surface area contributed by atoms with Crippen LogP contribution in [0, 0.1) is 0 Å². The van der Waals surface area contributed by atoms with E-state index in [1.54, 1.807) is 19.2 Å². The van der Waals surface area contributed by atoms with Crippen molar-refractivity contribution >= 4 is 17.5 Å². The smallest absolute Gasteiger partial charge is 0.220 e. The zero-order valence-electron chi connectivity index (χ0n) is 9.70. The van der Waals surface area contributed by atoms with E-state index in [0.717, 1.165) is 5.56 Å². The molecule has 1 aromatic carbocycles. The Kier molecular flexibility index (Phi) is 5.80. The van der Waals surface area contributed by atoms with Gasteiger partial charge < -0.3 is 15.2 Å². The van der Waals surface area contributed by atoms with E-state index in [4.69, 9.17) is 21.4 Å². The lowest BCUT2D eigenvalue weighted by molar-refractivity contribution is -0.121. The Bertz CT molecular complexity index is 382. The van der Waals surface area contributed by atoms with Gasteiger partial charge >= 0.3 is 0 Å². The highest BCUT2D eigenvalue weighted by atomic mass is 35.5. The Hall–Kier alpha value is -1.26. The second kappa shape index (κ2) is 7.14. The van der Waals surface area contributed by atoms with E-state index in [1.165, 1.54) is 0 Å². The molecule has 0 spiro atoms. The number of hydrogen-bond donors (Lipinski definition) is 2. The topological polar surface area (TPSA) is 58.6 Å². The molecule has 0 aliphatic rings. The first kappa shape index (κ1) is 13.8. The highest BCUT2D eigenvalue weighted by Crippen LogP contribution is 2.25. The maximum atomic E-state index is 11.3. The summed E-state index contributed by atoms with van der Waals surface area (Å²) in [5.74, 6) is 0.547. The summed E-state index contributed by atoms with van der Waals surface area (Å²) in [7, 11) is 1.56. The van der Waals surface area contributed by atoms with Crippen LogP contribution in [0.3, 0.4) is 0 Å². The van der Waals surface area contributed by atoms with Crippen molar-refractivity contribution in [1.82, 2.24) is 5.32 Å². The summed E-state index contributed by atoms with van der Waals surface area (Å²) in [6, 6.07) is 5.45. The minimum Gasteiger partial charge on any atom is -0.495 e. The molecule has 0 fully saturated rings. The summed E-state index contributed by atoms with van der Waals surface area (Å²) in [5.41, 5.74) is 0.981. The number of halogens is 1. The van der Waals surface area contributed by atoms with Crippen molar-refractivity contribution in [2.75, 3.05) is 20.3 Å². The lowest BCUT2D eigenvalue weighted by atomic mass is 10.1. The molecule has 1 aromatic rings. The molecule has 4 nitrogen and oxygen atoms in total. The van der Waals surface area contributed by atoms with Crippen LogP contribution in [0.5, 0.6) is 5.75 Å². The van der Waals surface area contributed by atoms with Gasteiger partial charge in [-0.05, 0) is 24.1 Å². The van der Waals surface area contributed by atoms with E-state index in [-0.39, 0.29) is 12.5 Å². The number of nitrogens with one attached hydrogen (secondary N) is 1. The summed E-state index contributed by atoms with van der Waals surface area (Å²) in [6.45, 7) is 0.252. The van der Waals surface area contributed by atoms with Gasteiger partial charge in [-0.1, -0.05) is 17.7 Å². The zero-order valence-corrected chi connectivity index (χ0v) is 10.5. The van der Waals surface area contributed by atoms with Crippen molar-refractivity contribution in [3.63, 3.8) is 0 Å². The monoisotopic (exact) mass is 257 g/mol. The lowest BCUT2D eigenvalue weighted by Gasteiger charge is -2.06. The van der Waals surface area contributed by atoms with Gasteiger partial charge in [0, 0.05) is 13.0 Å². The number of methoxy groups -OCH3 is 1. The summed E-state index contributed by atoms with van der Waals surface area (Å²) in [4.78, 5) is 11.3. The summed E-state index contributed by atoms with van der Waals surface area (Å²) in [6.07, 6.45) is 0.990. The summed E-state index contributed by atoms with van der Waals surface area (Å²) >= 11 is 5.97. The van der Waals surface area contributed by atoms with Crippen molar-refractivity contribution in [2.45, 2.75) is 12.8 Å². The molecule has 1 rings (SSSR count). The molecule has 0 radical (unpaired) electrons. The van der Waals surface area contributed by atoms with Crippen molar-refractivity contribution < 1.29 is 14.6 Å². The molecule has 0 aliphatic heterocycles. The Morgan fingerprint density at radius 3 is 2.88 bits per heavy atom. The summed E-state index contributed by atoms with van der Waals surface area (Å²) in [5, 5.41) is 11.7. The predicted molar refractivity (Wildman–Crippen MR) is 66.4 cm³/mol. The van der Waals surface area contributed by atoms with Crippen LogP contribution in [0.1, 0.15) is 12.0 Å². The second-order valence-electron chi connectivity index (χ2n) is 3.54. The van der Waals surface area contributed by atoms with E-state index in [1.807, 2.05) is 6.07 Å². The first-order valence-electron chi connectivity index (χ1n) is 5.37. The number of aryl methyl sites for hydroxylation is 1. The van der Waals surface area contributed by atoms with Crippen LogP contribution >= 0.6 is 11.6 Å². The van der Waals surface area contributed by atoms with E-state index >= 15 is 0 Å². The third kappa shape index (κ3) is 4.63. The van der Waals surface area contributed by atoms with Crippen molar-refractivity contribution in [2.24, 2.45) is 0 Å². The second-order valence-corrected chi connectivity index (χ2v) is 3.95. The fourth-order valence-corrected chi connectivity index (χ4v) is 1.69. The van der Waals surface area contributed by atoms with Gasteiger partial charge in [-0.25, -0.2) is 0 Å². The van der Waals surface area contributed by atoms with Gasteiger partial charge in [0.1, 0.15) is 5.75 Å². The molecule has 2 N–H and O–H groups in total. The van der Waals surface area contributed by atoms with Crippen LogP contribution in [-0.4, -0.2) is 31.3 Å². The van der Waals surface area contributed by atoms with Gasteiger partial charge in [-0.15, -0.1) is 0 Å². The van der Waals surface area contributed by atoms with Crippen LogP contribution in [0.15, 0.2) is 18.2 Å². The molecular formula is C12H16ClNO3. The first-order chi connectivity index (χ1) is 8.17. The molecule has 17 heavy (non-hydrogen) atoms. The van der Waals surface area contributed by atoms with Crippen molar-refractivity contribution in [3.8, 4) is 5.75 Å². The van der Waals surface area contributed by atoms with Gasteiger partial charge in [0.15, 0.2) is 0 Å². The van der Waals surface area contributed by atoms with E-state index in [2.05, 4.69) is 5.32 Å². The van der Waals surface area contributed by atoms with Gasteiger partial charge in [-0.2, -0.15) is 0 Å². The average Bonchev–Trinajstić information content (AvgIpc) is 2.34. The number of hydrogen-bond acceptors (Lipinski definition) is 3. The molecule has 0 atom stereocenters. The Morgan fingerprint density at radius 2 is 2.29 bits per heavy atom. The molecule has 1 amide bonds. The number of aliphatic hydroxyl groups excluding tert-OH is 1. The number of carbonyl (C=O) groups excluding carboxylic acids is 1. The predicted octanol–water partition coefficient (Wildman–Crippen LogP) is 1.39. The molecule has 0 bridgehead atoms. The quantitative estimate of drug-likeness (QED) is 0.810. The van der Waals surface area contributed by atoms with Crippen LogP contribution in [0.25, 0.3) is 0 Å². The van der Waals surface area contributed by atoms with Crippen LogP contribution in [0.2, 0.25) is 5.02 Å². The number of benzene rings is 1. The number of ether oxygens (including phenoxy) is 1. The minimum absolute atomic E-state index is 0.0416. The van der Waals surface area contributed by atoms with Gasteiger partial charge in [-0.3, -0.25) is 4.79 Å². The van der Waals surface area contributed by atoms with E-state index in [9.17, 15) is 4.79 Å². The maximum absolute atomic E-state index is 11.3. The van der Waals surface area contributed by atoms with Gasteiger partial charge in [0.05, 0.1) is 18.7 Å². The number of aliphatic hydroxyl groups is 1. The highest BCUT2D eigenvalue weighted by Gasteiger charge is 2.04. The van der Waals surface area contributed by atoms with Crippen molar-refractivity contribution in [1.29, 1.82) is 0 Å². The fraction of sp³-hybridized carbons (Fsp3) is 0.417. The fourth-order valence-electron chi connectivity index (χ4n) is 1.41. The van der Waals surface area contributed by atoms with Gasteiger partial charge in [0.25, 0.3) is 0 Å².